The highest BCUT2D eigenvalue weighted by molar-refractivity contribution is 5.84. The highest BCUT2D eigenvalue weighted by Crippen LogP contribution is 2.33. The lowest BCUT2D eigenvalue weighted by Gasteiger charge is -2.33. The van der Waals surface area contributed by atoms with Crippen molar-refractivity contribution in [3.63, 3.8) is 0 Å². The van der Waals surface area contributed by atoms with Gasteiger partial charge in [-0.2, -0.15) is 0 Å². The molecule has 0 bridgehead atoms. The molecule has 0 aliphatic heterocycles. The minimum Gasteiger partial charge on any atom is -0.376 e. The minimum absolute atomic E-state index is 0.0747. The van der Waals surface area contributed by atoms with Gasteiger partial charge in [-0.15, -0.1) is 0 Å². The number of nitrogens with one attached hydrogen (secondary N) is 1. The lowest BCUT2D eigenvalue weighted by atomic mass is 9.86. The van der Waals surface area contributed by atoms with Crippen molar-refractivity contribution in [2.45, 2.75) is 38.7 Å². The van der Waals surface area contributed by atoms with Crippen LogP contribution in [0.3, 0.4) is 0 Å². The molecule has 1 N–H and O–H groups in total. The SMILES string of the molecule is COC(C)(CNC(C)=O)C1CCCC1=O. The molecule has 1 aliphatic rings. The quantitative estimate of drug-likeness (QED) is 0.754. The van der Waals surface area contributed by atoms with Crippen LogP contribution in [0.5, 0.6) is 0 Å². The fraction of sp³-hybridized carbons (Fsp3) is 0.818. The lowest BCUT2D eigenvalue weighted by molar-refractivity contribution is -0.132. The van der Waals surface area contributed by atoms with Crippen LogP contribution in [0.2, 0.25) is 0 Å². The zero-order chi connectivity index (χ0) is 11.5. The Hall–Kier alpha value is -0.900. The molecular weight excluding hydrogens is 194 g/mol. The highest BCUT2D eigenvalue weighted by atomic mass is 16.5. The molecule has 1 amide bonds. The van der Waals surface area contributed by atoms with E-state index in [1.807, 2.05) is 6.92 Å². The van der Waals surface area contributed by atoms with E-state index in [-0.39, 0.29) is 17.6 Å². The molecule has 0 spiro atoms. The van der Waals surface area contributed by atoms with Crippen molar-refractivity contribution in [2.75, 3.05) is 13.7 Å². The number of ketones is 1. The van der Waals surface area contributed by atoms with E-state index < -0.39 is 5.60 Å². The summed E-state index contributed by atoms with van der Waals surface area (Å²) in [5, 5.41) is 2.72. The van der Waals surface area contributed by atoms with Gasteiger partial charge in [0.1, 0.15) is 5.78 Å². The molecule has 0 radical (unpaired) electrons. The summed E-state index contributed by atoms with van der Waals surface area (Å²) in [6, 6.07) is 0. The predicted molar refractivity (Wildman–Crippen MR) is 56.4 cm³/mol. The molecule has 86 valence electrons. The van der Waals surface area contributed by atoms with Gasteiger partial charge < -0.3 is 10.1 Å². The van der Waals surface area contributed by atoms with E-state index in [0.29, 0.717) is 13.0 Å². The third kappa shape index (κ3) is 2.78. The number of Topliss-reactive ketones (excluding diaryl/α,β-unsaturated/α-hetero) is 1. The van der Waals surface area contributed by atoms with Crippen LogP contribution in [-0.4, -0.2) is 30.9 Å². The van der Waals surface area contributed by atoms with Gasteiger partial charge in [0.25, 0.3) is 0 Å². The molecule has 0 aromatic carbocycles. The van der Waals surface area contributed by atoms with Crippen molar-refractivity contribution in [1.29, 1.82) is 0 Å². The van der Waals surface area contributed by atoms with Crippen LogP contribution in [0.25, 0.3) is 0 Å². The second-order valence-corrected chi connectivity index (χ2v) is 4.34. The third-order valence-corrected chi connectivity index (χ3v) is 3.20. The zero-order valence-corrected chi connectivity index (χ0v) is 9.63. The first-order valence-corrected chi connectivity index (χ1v) is 5.32. The Morgan fingerprint density at radius 1 is 1.67 bits per heavy atom. The molecule has 1 aliphatic carbocycles. The molecule has 1 rings (SSSR count). The summed E-state index contributed by atoms with van der Waals surface area (Å²) in [6.45, 7) is 3.75. The van der Waals surface area contributed by atoms with Crippen LogP contribution in [-0.2, 0) is 14.3 Å². The van der Waals surface area contributed by atoms with Crippen molar-refractivity contribution >= 4 is 11.7 Å². The Bertz CT molecular complexity index is 265. The van der Waals surface area contributed by atoms with Crippen LogP contribution in [0.4, 0.5) is 0 Å². The number of rotatable bonds is 4. The largest absolute Gasteiger partial charge is 0.376 e. The smallest absolute Gasteiger partial charge is 0.216 e. The Labute approximate surface area is 90.4 Å². The summed E-state index contributed by atoms with van der Waals surface area (Å²) in [5.41, 5.74) is -0.556. The van der Waals surface area contributed by atoms with Gasteiger partial charge >= 0.3 is 0 Å². The van der Waals surface area contributed by atoms with E-state index in [1.165, 1.54) is 6.92 Å². The van der Waals surface area contributed by atoms with Gasteiger partial charge in [0, 0.05) is 32.9 Å². The Morgan fingerprint density at radius 3 is 2.73 bits per heavy atom. The molecule has 0 heterocycles. The Morgan fingerprint density at radius 2 is 2.33 bits per heavy atom. The number of ether oxygens (including phenoxy) is 1. The summed E-state index contributed by atoms with van der Waals surface area (Å²) in [5.74, 6) is 0.0859. The average Bonchev–Trinajstić information content (AvgIpc) is 2.61. The number of hydrogen-bond donors (Lipinski definition) is 1. The average molecular weight is 213 g/mol. The molecular formula is C11H19NO3. The van der Waals surface area contributed by atoms with E-state index in [9.17, 15) is 9.59 Å². The van der Waals surface area contributed by atoms with Gasteiger partial charge in [0.05, 0.1) is 5.60 Å². The number of amides is 1. The van der Waals surface area contributed by atoms with Crippen molar-refractivity contribution < 1.29 is 14.3 Å². The fourth-order valence-corrected chi connectivity index (χ4v) is 2.10. The van der Waals surface area contributed by atoms with Gasteiger partial charge in [-0.05, 0) is 19.8 Å². The molecule has 4 heteroatoms. The topological polar surface area (TPSA) is 55.4 Å². The molecule has 2 unspecified atom stereocenters. The Balaban J connectivity index is 2.65. The second-order valence-electron chi connectivity index (χ2n) is 4.34. The van der Waals surface area contributed by atoms with Crippen LogP contribution in [0.1, 0.15) is 33.1 Å². The summed E-state index contributed by atoms with van der Waals surface area (Å²) in [6.07, 6.45) is 2.44. The van der Waals surface area contributed by atoms with Crippen molar-refractivity contribution in [3.05, 3.63) is 0 Å². The summed E-state index contributed by atoms with van der Waals surface area (Å²) in [4.78, 5) is 22.5. The van der Waals surface area contributed by atoms with Gasteiger partial charge in [-0.25, -0.2) is 0 Å². The normalized spacial score (nSPS) is 25.0. The van der Waals surface area contributed by atoms with Crippen molar-refractivity contribution in [2.24, 2.45) is 5.92 Å². The molecule has 0 aromatic rings. The molecule has 0 aromatic heterocycles. The Kier molecular flexibility index (Phi) is 3.85. The minimum atomic E-state index is -0.556. The van der Waals surface area contributed by atoms with Crippen molar-refractivity contribution in [3.8, 4) is 0 Å². The summed E-state index contributed by atoms with van der Waals surface area (Å²) >= 11 is 0. The van der Waals surface area contributed by atoms with Crippen LogP contribution in [0, 0.1) is 5.92 Å². The van der Waals surface area contributed by atoms with Gasteiger partial charge in [0.2, 0.25) is 5.91 Å². The van der Waals surface area contributed by atoms with E-state index in [1.54, 1.807) is 7.11 Å². The maximum atomic E-state index is 11.6. The molecule has 1 saturated carbocycles. The van der Waals surface area contributed by atoms with Gasteiger partial charge in [-0.1, -0.05) is 0 Å². The van der Waals surface area contributed by atoms with Crippen LogP contribution < -0.4 is 5.32 Å². The number of methoxy groups -OCH3 is 1. The predicted octanol–water partition coefficient (Wildman–Crippen LogP) is 0.897. The van der Waals surface area contributed by atoms with E-state index >= 15 is 0 Å². The molecule has 0 saturated heterocycles. The van der Waals surface area contributed by atoms with E-state index in [0.717, 1.165) is 12.8 Å². The first kappa shape index (κ1) is 12.2. The molecule has 15 heavy (non-hydrogen) atoms. The van der Waals surface area contributed by atoms with Crippen LogP contribution >= 0.6 is 0 Å². The van der Waals surface area contributed by atoms with Gasteiger partial charge in [-0.3, -0.25) is 9.59 Å². The first-order valence-electron chi connectivity index (χ1n) is 5.32. The maximum absolute atomic E-state index is 11.6. The fourth-order valence-electron chi connectivity index (χ4n) is 2.10. The standard InChI is InChI=1S/C11H19NO3/c1-8(13)12-7-11(2,15-3)9-5-4-6-10(9)14/h9H,4-7H2,1-3H3,(H,12,13). The van der Waals surface area contributed by atoms with E-state index in [4.69, 9.17) is 4.74 Å². The zero-order valence-electron chi connectivity index (χ0n) is 9.63. The first-order chi connectivity index (χ1) is 6.99. The molecule has 4 nitrogen and oxygen atoms in total. The third-order valence-electron chi connectivity index (χ3n) is 3.20. The number of carbonyl (C=O) groups excluding carboxylic acids is 2. The highest BCUT2D eigenvalue weighted by Gasteiger charge is 2.41. The maximum Gasteiger partial charge on any atom is 0.216 e. The summed E-state index contributed by atoms with van der Waals surface area (Å²) in [7, 11) is 1.59. The van der Waals surface area contributed by atoms with E-state index in [2.05, 4.69) is 5.32 Å². The second kappa shape index (κ2) is 4.75. The molecule has 1 fully saturated rings. The number of carbonyl (C=O) groups is 2. The van der Waals surface area contributed by atoms with Gasteiger partial charge in [0.15, 0.2) is 0 Å². The monoisotopic (exact) mass is 213 g/mol. The molecule has 2 atom stereocenters. The number of hydrogen-bond acceptors (Lipinski definition) is 3. The lowest BCUT2D eigenvalue weighted by Crippen LogP contribution is -2.48. The van der Waals surface area contributed by atoms with Crippen LogP contribution in [0.15, 0.2) is 0 Å². The summed E-state index contributed by atoms with van der Waals surface area (Å²) < 4.78 is 5.41. The van der Waals surface area contributed by atoms with Crippen molar-refractivity contribution in [1.82, 2.24) is 5.32 Å².